The summed E-state index contributed by atoms with van der Waals surface area (Å²) in [7, 11) is 2.06. The molecular formula is C16H17Br2ClN2. The fourth-order valence-electron chi connectivity index (χ4n) is 2.32. The quantitative estimate of drug-likeness (QED) is 0.721. The fourth-order valence-corrected chi connectivity index (χ4v) is 3.53. The summed E-state index contributed by atoms with van der Waals surface area (Å²) in [6.45, 7) is 1.32. The molecule has 2 rings (SSSR count). The molecular weight excluding hydrogens is 415 g/mol. The molecule has 112 valence electrons. The Balaban J connectivity index is 2.22. The first-order valence-corrected chi connectivity index (χ1v) is 8.58. The van der Waals surface area contributed by atoms with E-state index in [4.69, 9.17) is 17.3 Å². The van der Waals surface area contributed by atoms with Crippen LogP contribution in [0.25, 0.3) is 0 Å². The Morgan fingerprint density at radius 3 is 2.52 bits per heavy atom. The Kier molecular flexibility index (Phi) is 6.26. The van der Waals surface area contributed by atoms with E-state index in [-0.39, 0.29) is 6.04 Å². The lowest BCUT2D eigenvalue weighted by molar-refractivity contribution is 0.241. The third-order valence-corrected chi connectivity index (χ3v) is 5.05. The smallest absolute Gasteiger partial charge is 0.0485 e. The van der Waals surface area contributed by atoms with Crippen LogP contribution in [-0.2, 0) is 6.54 Å². The first kappa shape index (κ1) is 17.0. The molecule has 1 unspecified atom stereocenters. The zero-order chi connectivity index (χ0) is 15.4. The van der Waals surface area contributed by atoms with Gasteiger partial charge in [0.25, 0.3) is 0 Å². The minimum absolute atomic E-state index is 0.0812. The third kappa shape index (κ3) is 4.30. The monoisotopic (exact) mass is 430 g/mol. The zero-order valence-electron chi connectivity index (χ0n) is 11.7. The molecule has 0 amide bonds. The van der Waals surface area contributed by atoms with Crippen molar-refractivity contribution in [2.45, 2.75) is 12.6 Å². The van der Waals surface area contributed by atoms with Crippen LogP contribution >= 0.6 is 43.5 Å². The van der Waals surface area contributed by atoms with Crippen LogP contribution < -0.4 is 5.73 Å². The van der Waals surface area contributed by atoms with Crippen molar-refractivity contribution in [2.24, 2.45) is 5.73 Å². The van der Waals surface area contributed by atoms with Gasteiger partial charge in [-0.05, 0) is 36.4 Å². The normalized spacial score (nSPS) is 12.7. The molecule has 0 bridgehead atoms. The molecule has 2 N–H and O–H groups in total. The van der Waals surface area contributed by atoms with E-state index in [0.29, 0.717) is 6.54 Å². The molecule has 0 aliphatic heterocycles. The molecule has 2 nitrogen and oxygen atoms in total. The van der Waals surface area contributed by atoms with E-state index in [1.807, 2.05) is 36.4 Å². The summed E-state index contributed by atoms with van der Waals surface area (Å²) in [5.41, 5.74) is 8.26. The van der Waals surface area contributed by atoms with E-state index in [2.05, 4.69) is 49.9 Å². The zero-order valence-corrected chi connectivity index (χ0v) is 15.6. The molecule has 0 aliphatic carbocycles. The van der Waals surface area contributed by atoms with E-state index in [1.54, 1.807) is 0 Å². The number of nitrogens with zero attached hydrogens (tertiary/aromatic N) is 1. The molecule has 0 aromatic heterocycles. The second-order valence-electron chi connectivity index (χ2n) is 4.92. The number of benzene rings is 2. The van der Waals surface area contributed by atoms with Crippen LogP contribution in [0.3, 0.4) is 0 Å². The number of nitrogens with two attached hydrogens (primary N) is 1. The Labute approximate surface area is 147 Å². The van der Waals surface area contributed by atoms with Gasteiger partial charge in [0, 0.05) is 33.1 Å². The molecule has 21 heavy (non-hydrogen) atoms. The Hall–Kier alpha value is -0.390. The number of rotatable bonds is 5. The van der Waals surface area contributed by atoms with E-state index in [0.717, 1.165) is 26.1 Å². The number of hydrogen-bond donors (Lipinski definition) is 1. The van der Waals surface area contributed by atoms with Crippen LogP contribution in [0, 0.1) is 0 Å². The van der Waals surface area contributed by atoms with Crippen molar-refractivity contribution >= 4 is 43.5 Å². The van der Waals surface area contributed by atoms with E-state index >= 15 is 0 Å². The molecule has 5 heteroatoms. The van der Waals surface area contributed by atoms with Crippen molar-refractivity contribution in [3.05, 3.63) is 67.6 Å². The van der Waals surface area contributed by atoms with Crippen molar-refractivity contribution in [3.63, 3.8) is 0 Å². The van der Waals surface area contributed by atoms with Crippen molar-refractivity contribution in [1.29, 1.82) is 0 Å². The van der Waals surface area contributed by atoms with Crippen molar-refractivity contribution in [3.8, 4) is 0 Å². The van der Waals surface area contributed by atoms with Crippen LogP contribution in [0.4, 0.5) is 0 Å². The van der Waals surface area contributed by atoms with Gasteiger partial charge >= 0.3 is 0 Å². The van der Waals surface area contributed by atoms with Gasteiger partial charge in [0.1, 0.15) is 0 Å². The number of likely N-dealkylation sites (N-methyl/N-ethyl adjacent to an activating group) is 1. The Morgan fingerprint density at radius 2 is 1.90 bits per heavy atom. The Morgan fingerprint density at radius 1 is 1.19 bits per heavy atom. The first-order chi connectivity index (χ1) is 10.0. The first-order valence-electron chi connectivity index (χ1n) is 6.61. The van der Waals surface area contributed by atoms with Crippen LogP contribution in [-0.4, -0.2) is 18.5 Å². The largest absolute Gasteiger partial charge is 0.329 e. The lowest BCUT2D eigenvalue weighted by Gasteiger charge is -2.28. The predicted octanol–water partition coefficient (Wildman–Crippen LogP) is 5.00. The van der Waals surface area contributed by atoms with Gasteiger partial charge in [-0.1, -0.05) is 67.7 Å². The van der Waals surface area contributed by atoms with E-state index < -0.39 is 0 Å². The SMILES string of the molecule is CN(Cc1ccccc1Br)C(CN)c1ccc(Br)cc1Cl. The van der Waals surface area contributed by atoms with Gasteiger partial charge in [-0.3, -0.25) is 4.90 Å². The highest BCUT2D eigenvalue weighted by Gasteiger charge is 2.19. The predicted molar refractivity (Wildman–Crippen MR) is 96.6 cm³/mol. The van der Waals surface area contributed by atoms with Gasteiger partial charge in [-0.2, -0.15) is 0 Å². The molecule has 0 aliphatic rings. The maximum absolute atomic E-state index is 6.36. The minimum Gasteiger partial charge on any atom is -0.329 e. The maximum atomic E-state index is 6.36. The van der Waals surface area contributed by atoms with Gasteiger partial charge < -0.3 is 5.73 Å². The fraction of sp³-hybridized carbons (Fsp3) is 0.250. The molecule has 0 radical (unpaired) electrons. The second-order valence-corrected chi connectivity index (χ2v) is 7.10. The number of hydrogen-bond acceptors (Lipinski definition) is 2. The molecule has 2 aromatic carbocycles. The van der Waals surface area contributed by atoms with E-state index in [9.17, 15) is 0 Å². The third-order valence-electron chi connectivity index (χ3n) is 3.45. The average Bonchev–Trinajstić information content (AvgIpc) is 2.44. The summed E-state index contributed by atoms with van der Waals surface area (Å²) < 4.78 is 2.08. The van der Waals surface area contributed by atoms with Crippen molar-refractivity contribution < 1.29 is 0 Å². The van der Waals surface area contributed by atoms with Crippen molar-refractivity contribution in [2.75, 3.05) is 13.6 Å². The molecule has 1 atom stereocenters. The molecule has 2 aromatic rings. The molecule has 0 spiro atoms. The second kappa shape index (κ2) is 7.75. The summed E-state index contributed by atoms with van der Waals surface area (Å²) in [6, 6.07) is 14.2. The lowest BCUT2D eigenvalue weighted by atomic mass is 10.0. The maximum Gasteiger partial charge on any atom is 0.0485 e. The highest BCUT2D eigenvalue weighted by Crippen LogP contribution is 2.30. The van der Waals surface area contributed by atoms with Crippen LogP contribution in [0.5, 0.6) is 0 Å². The van der Waals surface area contributed by atoms with Gasteiger partial charge in [0.2, 0.25) is 0 Å². The summed E-state index contributed by atoms with van der Waals surface area (Å²) in [4.78, 5) is 2.22. The summed E-state index contributed by atoms with van der Waals surface area (Å²) >= 11 is 13.4. The average molecular weight is 433 g/mol. The van der Waals surface area contributed by atoms with Crippen LogP contribution in [0.1, 0.15) is 17.2 Å². The highest BCUT2D eigenvalue weighted by atomic mass is 79.9. The van der Waals surface area contributed by atoms with Gasteiger partial charge in [0.05, 0.1) is 0 Å². The molecule has 0 saturated heterocycles. The van der Waals surface area contributed by atoms with Gasteiger partial charge in [-0.15, -0.1) is 0 Å². The highest BCUT2D eigenvalue weighted by molar-refractivity contribution is 9.10. The molecule has 0 saturated carbocycles. The van der Waals surface area contributed by atoms with Gasteiger partial charge in [0.15, 0.2) is 0 Å². The lowest BCUT2D eigenvalue weighted by Crippen LogP contribution is -2.30. The standard InChI is InChI=1S/C16H17Br2ClN2/c1-21(10-11-4-2-3-5-14(11)18)16(9-20)13-7-6-12(17)8-15(13)19/h2-8,16H,9-10,20H2,1H3. The summed E-state index contributed by atoms with van der Waals surface area (Å²) in [6.07, 6.45) is 0. The molecule has 0 fully saturated rings. The Bertz CT molecular complexity index is 619. The number of halogens is 3. The van der Waals surface area contributed by atoms with Crippen molar-refractivity contribution in [1.82, 2.24) is 4.90 Å². The van der Waals surface area contributed by atoms with Crippen LogP contribution in [0.15, 0.2) is 51.4 Å². The minimum atomic E-state index is 0.0812. The van der Waals surface area contributed by atoms with Gasteiger partial charge in [-0.25, -0.2) is 0 Å². The van der Waals surface area contributed by atoms with E-state index in [1.165, 1.54) is 5.56 Å². The summed E-state index contributed by atoms with van der Waals surface area (Å²) in [5, 5.41) is 0.735. The molecule has 0 heterocycles. The summed E-state index contributed by atoms with van der Waals surface area (Å²) in [5.74, 6) is 0. The van der Waals surface area contributed by atoms with Crippen LogP contribution in [0.2, 0.25) is 5.02 Å². The topological polar surface area (TPSA) is 29.3 Å².